The van der Waals surface area contributed by atoms with E-state index in [9.17, 15) is 0 Å². The average Bonchev–Trinajstić information content (AvgIpc) is 3.01. The van der Waals surface area contributed by atoms with Crippen molar-refractivity contribution in [3.8, 4) is 11.5 Å². The van der Waals surface area contributed by atoms with Crippen LogP contribution in [0.2, 0.25) is 0 Å². The van der Waals surface area contributed by atoms with Crippen LogP contribution in [0.5, 0.6) is 11.5 Å². The Morgan fingerprint density at radius 2 is 1.68 bits per heavy atom. The Balaban J connectivity index is 1.79. The molecule has 25 heavy (non-hydrogen) atoms. The first-order chi connectivity index (χ1) is 12.3. The number of unbranched alkanes of at least 4 members (excludes halogenated alkanes) is 3. The van der Waals surface area contributed by atoms with Crippen molar-refractivity contribution in [2.24, 2.45) is 0 Å². The topological polar surface area (TPSA) is 36.3 Å². The number of aromatic nitrogens is 2. The number of aryl methyl sites for hydroxylation is 1. The second-order valence-corrected chi connectivity index (χ2v) is 6.17. The molecule has 2 aromatic carbocycles. The molecule has 0 fully saturated rings. The van der Waals surface area contributed by atoms with Gasteiger partial charge in [0.15, 0.2) is 11.5 Å². The van der Waals surface area contributed by atoms with Crippen LogP contribution in [0.25, 0.3) is 11.0 Å². The SMILES string of the molecule is CCCCCCn1c(COc2ccccc2OC)nc2ccccc21. The van der Waals surface area contributed by atoms with Gasteiger partial charge >= 0.3 is 0 Å². The molecule has 132 valence electrons. The maximum atomic E-state index is 6.00. The zero-order valence-corrected chi connectivity index (χ0v) is 15.1. The summed E-state index contributed by atoms with van der Waals surface area (Å²) in [6.07, 6.45) is 4.93. The Kier molecular flexibility index (Phi) is 5.94. The van der Waals surface area contributed by atoms with E-state index >= 15 is 0 Å². The Morgan fingerprint density at radius 1 is 0.920 bits per heavy atom. The third-order valence-corrected chi connectivity index (χ3v) is 4.39. The first-order valence-corrected chi connectivity index (χ1v) is 9.03. The molecular weight excluding hydrogens is 312 g/mol. The molecular formula is C21H26N2O2. The van der Waals surface area contributed by atoms with Gasteiger partial charge < -0.3 is 14.0 Å². The van der Waals surface area contributed by atoms with Crippen LogP contribution in [0.15, 0.2) is 48.5 Å². The quantitative estimate of drug-likeness (QED) is 0.503. The Bertz CT molecular complexity index is 811. The summed E-state index contributed by atoms with van der Waals surface area (Å²) in [4.78, 5) is 4.78. The Hall–Kier alpha value is -2.49. The smallest absolute Gasteiger partial charge is 0.161 e. The van der Waals surface area contributed by atoms with Gasteiger partial charge in [0.2, 0.25) is 0 Å². The molecule has 0 aliphatic heterocycles. The molecule has 0 atom stereocenters. The fraction of sp³-hybridized carbons (Fsp3) is 0.381. The van der Waals surface area contributed by atoms with Crippen LogP contribution in [0.4, 0.5) is 0 Å². The molecule has 4 heteroatoms. The van der Waals surface area contributed by atoms with E-state index in [-0.39, 0.29) is 0 Å². The molecule has 3 aromatic rings. The fourth-order valence-corrected chi connectivity index (χ4v) is 3.06. The van der Waals surface area contributed by atoms with Gasteiger partial charge in [0.05, 0.1) is 18.1 Å². The number of hydrogen-bond acceptors (Lipinski definition) is 3. The zero-order chi connectivity index (χ0) is 17.5. The van der Waals surface area contributed by atoms with E-state index in [0.717, 1.165) is 35.8 Å². The largest absolute Gasteiger partial charge is 0.493 e. The Morgan fingerprint density at radius 3 is 2.48 bits per heavy atom. The first-order valence-electron chi connectivity index (χ1n) is 9.03. The second kappa shape index (κ2) is 8.56. The number of ether oxygens (including phenoxy) is 2. The van der Waals surface area contributed by atoms with E-state index in [2.05, 4.69) is 29.7 Å². The summed E-state index contributed by atoms with van der Waals surface area (Å²) in [5.74, 6) is 2.45. The van der Waals surface area contributed by atoms with Gasteiger partial charge in [-0.1, -0.05) is 50.5 Å². The van der Waals surface area contributed by atoms with Gasteiger partial charge in [-0.15, -0.1) is 0 Å². The van der Waals surface area contributed by atoms with Crippen LogP contribution < -0.4 is 9.47 Å². The van der Waals surface area contributed by atoms with Crippen LogP contribution in [0.1, 0.15) is 38.4 Å². The summed E-state index contributed by atoms with van der Waals surface area (Å²) in [6, 6.07) is 16.0. The molecule has 4 nitrogen and oxygen atoms in total. The van der Waals surface area contributed by atoms with Crippen molar-refractivity contribution in [2.45, 2.75) is 45.8 Å². The van der Waals surface area contributed by atoms with Crippen LogP contribution in [0, 0.1) is 0 Å². The first kappa shape index (κ1) is 17.3. The minimum Gasteiger partial charge on any atom is -0.493 e. The molecule has 0 aliphatic carbocycles. The van der Waals surface area contributed by atoms with Gasteiger partial charge in [-0.05, 0) is 30.7 Å². The number of benzene rings is 2. The van der Waals surface area contributed by atoms with E-state index in [1.807, 2.05) is 30.3 Å². The molecule has 1 heterocycles. The minimum atomic E-state index is 0.433. The highest BCUT2D eigenvalue weighted by molar-refractivity contribution is 5.75. The summed E-state index contributed by atoms with van der Waals surface area (Å²) in [7, 11) is 1.66. The second-order valence-electron chi connectivity index (χ2n) is 6.17. The maximum Gasteiger partial charge on any atom is 0.161 e. The number of imidazole rings is 1. The van der Waals surface area contributed by atoms with E-state index in [4.69, 9.17) is 14.5 Å². The average molecular weight is 338 g/mol. The number of nitrogens with zero attached hydrogens (tertiary/aromatic N) is 2. The summed E-state index contributed by atoms with van der Waals surface area (Å²) >= 11 is 0. The molecule has 0 saturated carbocycles. The molecule has 3 rings (SSSR count). The van der Waals surface area contributed by atoms with Gasteiger partial charge in [0.1, 0.15) is 12.4 Å². The number of methoxy groups -OCH3 is 1. The fourth-order valence-electron chi connectivity index (χ4n) is 3.06. The summed E-state index contributed by atoms with van der Waals surface area (Å²) < 4.78 is 13.7. The third-order valence-electron chi connectivity index (χ3n) is 4.39. The maximum absolute atomic E-state index is 6.00. The van der Waals surface area contributed by atoms with Crippen LogP contribution >= 0.6 is 0 Å². The van der Waals surface area contributed by atoms with E-state index in [1.54, 1.807) is 7.11 Å². The molecule has 0 spiro atoms. The minimum absolute atomic E-state index is 0.433. The van der Waals surface area contributed by atoms with Gasteiger partial charge in [-0.2, -0.15) is 0 Å². The van der Waals surface area contributed by atoms with Gasteiger partial charge in [0.25, 0.3) is 0 Å². The molecule has 0 unspecified atom stereocenters. The van der Waals surface area contributed by atoms with Crippen molar-refractivity contribution in [3.63, 3.8) is 0 Å². The molecule has 0 amide bonds. The lowest BCUT2D eigenvalue weighted by atomic mass is 10.2. The van der Waals surface area contributed by atoms with Crippen molar-refractivity contribution in [3.05, 3.63) is 54.4 Å². The van der Waals surface area contributed by atoms with Gasteiger partial charge in [0, 0.05) is 6.54 Å². The Labute approximate surface area is 149 Å². The molecule has 0 aliphatic rings. The molecule has 0 saturated heterocycles. The van der Waals surface area contributed by atoms with Crippen LogP contribution in [-0.2, 0) is 13.2 Å². The van der Waals surface area contributed by atoms with Crippen molar-refractivity contribution in [2.75, 3.05) is 7.11 Å². The van der Waals surface area contributed by atoms with Crippen LogP contribution in [-0.4, -0.2) is 16.7 Å². The standard InChI is InChI=1S/C21H26N2O2/c1-3-4-5-10-15-23-18-12-7-6-11-17(18)22-21(23)16-25-20-14-9-8-13-19(20)24-2/h6-9,11-14H,3-5,10,15-16H2,1-2H3. The summed E-state index contributed by atoms with van der Waals surface area (Å²) in [5, 5.41) is 0. The van der Waals surface area contributed by atoms with Gasteiger partial charge in [-0.25, -0.2) is 4.98 Å². The normalized spacial score (nSPS) is 11.0. The van der Waals surface area contributed by atoms with Crippen molar-refractivity contribution in [1.82, 2.24) is 9.55 Å². The lowest BCUT2D eigenvalue weighted by molar-refractivity contribution is 0.271. The number of fused-ring (bicyclic) bond motifs is 1. The third kappa shape index (κ3) is 4.13. The van der Waals surface area contributed by atoms with Crippen molar-refractivity contribution < 1.29 is 9.47 Å². The molecule has 1 aromatic heterocycles. The van der Waals surface area contributed by atoms with Crippen molar-refractivity contribution >= 4 is 11.0 Å². The highest BCUT2D eigenvalue weighted by atomic mass is 16.5. The molecule has 0 radical (unpaired) electrons. The predicted molar refractivity (Wildman–Crippen MR) is 101 cm³/mol. The van der Waals surface area contributed by atoms with Crippen molar-refractivity contribution in [1.29, 1.82) is 0 Å². The lowest BCUT2D eigenvalue weighted by Gasteiger charge is -2.12. The lowest BCUT2D eigenvalue weighted by Crippen LogP contribution is -2.08. The highest BCUT2D eigenvalue weighted by Crippen LogP contribution is 2.27. The highest BCUT2D eigenvalue weighted by Gasteiger charge is 2.12. The monoisotopic (exact) mass is 338 g/mol. The number of hydrogen-bond donors (Lipinski definition) is 0. The number of para-hydroxylation sites is 4. The van der Waals surface area contributed by atoms with Gasteiger partial charge in [-0.3, -0.25) is 0 Å². The van der Waals surface area contributed by atoms with E-state index in [1.165, 1.54) is 24.8 Å². The van der Waals surface area contributed by atoms with E-state index in [0.29, 0.717) is 6.61 Å². The van der Waals surface area contributed by atoms with Crippen LogP contribution in [0.3, 0.4) is 0 Å². The van der Waals surface area contributed by atoms with E-state index < -0.39 is 0 Å². The summed E-state index contributed by atoms with van der Waals surface area (Å²) in [6.45, 7) is 3.65. The molecule has 0 bridgehead atoms. The molecule has 0 N–H and O–H groups in total. The zero-order valence-electron chi connectivity index (χ0n) is 15.1. The number of rotatable bonds is 9. The predicted octanol–water partition coefficient (Wildman–Crippen LogP) is 5.20. The summed E-state index contributed by atoms with van der Waals surface area (Å²) in [5.41, 5.74) is 2.20.